The van der Waals surface area contributed by atoms with Gasteiger partial charge in [0.15, 0.2) is 11.6 Å². The molecule has 2 saturated carbocycles. The lowest BCUT2D eigenvalue weighted by molar-refractivity contribution is -0.168. The molecular weight excluding hydrogens is 404 g/mol. The van der Waals surface area contributed by atoms with Gasteiger partial charge in [-0.1, -0.05) is 45.4 Å². The first-order valence-corrected chi connectivity index (χ1v) is 12.0. The van der Waals surface area contributed by atoms with Crippen LogP contribution in [0.5, 0.6) is 0 Å². The highest BCUT2D eigenvalue weighted by Crippen LogP contribution is 2.67. The summed E-state index contributed by atoms with van der Waals surface area (Å²) in [5, 5.41) is 0. The predicted octanol–water partition coefficient (Wildman–Crippen LogP) is 4.57. The number of hydrogen-bond acceptors (Lipinski definition) is 5. The minimum absolute atomic E-state index is 0.0932. The molecule has 5 nitrogen and oxygen atoms in total. The van der Waals surface area contributed by atoms with Gasteiger partial charge in [0.1, 0.15) is 12.7 Å². The fraction of sp³-hybridized carbons (Fsp3) is 0.667. The number of hydrogen-bond donors (Lipinski definition) is 0. The van der Waals surface area contributed by atoms with Crippen molar-refractivity contribution in [2.45, 2.75) is 66.4 Å². The van der Waals surface area contributed by atoms with Gasteiger partial charge in [0, 0.05) is 29.7 Å². The average Bonchev–Trinajstić information content (AvgIpc) is 3.28. The summed E-state index contributed by atoms with van der Waals surface area (Å²) in [6.45, 7) is 10.3. The monoisotopic (exact) mass is 438 g/mol. The minimum Gasteiger partial charge on any atom is -0.493 e. The zero-order valence-corrected chi connectivity index (χ0v) is 19.8. The summed E-state index contributed by atoms with van der Waals surface area (Å²) in [6, 6.07) is 0. The van der Waals surface area contributed by atoms with Gasteiger partial charge in [-0.15, -0.1) is 0 Å². The highest BCUT2D eigenvalue weighted by atomic mass is 16.5. The van der Waals surface area contributed by atoms with Crippen molar-refractivity contribution >= 4 is 17.5 Å². The van der Waals surface area contributed by atoms with Gasteiger partial charge in [-0.3, -0.25) is 14.4 Å². The summed E-state index contributed by atoms with van der Waals surface area (Å²) < 4.78 is 11.4. The van der Waals surface area contributed by atoms with Gasteiger partial charge in [0.25, 0.3) is 0 Å². The van der Waals surface area contributed by atoms with Crippen LogP contribution in [0, 0.1) is 39.9 Å². The molecule has 5 heteroatoms. The van der Waals surface area contributed by atoms with Crippen molar-refractivity contribution in [2.24, 2.45) is 39.9 Å². The summed E-state index contributed by atoms with van der Waals surface area (Å²) in [6.07, 6.45) is 11.1. The maximum Gasteiger partial charge on any atom is 0.302 e. The van der Waals surface area contributed by atoms with E-state index in [4.69, 9.17) is 9.47 Å². The van der Waals surface area contributed by atoms with Gasteiger partial charge in [-0.2, -0.15) is 0 Å². The topological polar surface area (TPSA) is 69.7 Å². The molecule has 0 bridgehead atoms. The van der Waals surface area contributed by atoms with Gasteiger partial charge >= 0.3 is 5.97 Å². The van der Waals surface area contributed by atoms with E-state index in [1.807, 2.05) is 13.8 Å². The molecule has 7 atom stereocenters. The van der Waals surface area contributed by atoms with Crippen molar-refractivity contribution < 1.29 is 23.9 Å². The molecule has 1 heterocycles. The number of fused-ring (bicyclic) bond motifs is 5. The van der Waals surface area contributed by atoms with Crippen LogP contribution in [0.3, 0.4) is 0 Å². The SMILES string of the molecule is CC(=O)O[C@@H]1C[C@H]2C(C)(C)C(=O)C=C[C@]2(C)[C@H]2CC[C@]3(C)C(=CC[C@H]3C3=COCC3=O)[C@H]12. The van der Waals surface area contributed by atoms with Crippen LogP contribution < -0.4 is 0 Å². The second-order valence-electron chi connectivity index (χ2n) is 11.6. The number of Topliss-reactive ketones (excluding diaryl/α,β-unsaturated/α-hetero) is 1. The van der Waals surface area contributed by atoms with Crippen molar-refractivity contribution in [3.63, 3.8) is 0 Å². The molecule has 5 aliphatic rings. The van der Waals surface area contributed by atoms with Crippen molar-refractivity contribution in [1.29, 1.82) is 0 Å². The molecule has 0 radical (unpaired) electrons. The van der Waals surface area contributed by atoms with E-state index < -0.39 is 5.41 Å². The molecule has 0 aromatic heterocycles. The number of ketones is 2. The van der Waals surface area contributed by atoms with Crippen molar-refractivity contribution in [1.82, 2.24) is 0 Å². The maximum atomic E-state index is 12.8. The van der Waals surface area contributed by atoms with Crippen molar-refractivity contribution in [3.05, 3.63) is 35.6 Å². The molecule has 0 saturated heterocycles. The first-order chi connectivity index (χ1) is 15.0. The number of esters is 1. The van der Waals surface area contributed by atoms with E-state index in [2.05, 4.69) is 26.0 Å². The van der Waals surface area contributed by atoms with Gasteiger partial charge in [-0.05, 0) is 54.4 Å². The molecule has 0 aromatic carbocycles. The van der Waals surface area contributed by atoms with Crippen LogP contribution >= 0.6 is 0 Å². The summed E-state index contributed by atoms with van der Waals surface area (Å²) >= 11 is 0. The largest absolute Gasteiger partial charge is 0.493 e. The maximum absolute atomic E-state index is 12.8. The van der Waals surface area contributed by atoms with Crippen LogP contribution in [-0.2, 0) is 23.9 Å². The molecule has 32 heavy (non-hydrogen) atoms. The van der Waals surface area contributed by atoms with Crippen LogP contribution in [0.1, 0.15) is 60.3 Å². The third kappa shape index (κ3) is 2.78. The molecule has 4 aliphatic carbocycles. The first-order valence-electron chi connectivity index (χ1n) is 12.0. The lowest BCUT2D eigenvalue weighted by Crippen LogP contribution is -2.59. The third-order valence-corrected chi connectivity index (χ3v) is 9.73. The zero-order valence-electron chi connectivity index (χ0n) is 19.8. The van der Waals surface area contributed by atoms with E-state index in [0.29, 0.717) is 6.42 Å². The second-order valence-corrected chi connectivity index (χ2v) is 11.6. The number of allylic oxidation sites excluding steroid dienone is 3. The van der Waals surface area contributed by atoms with Gasteiger partial charge < -0.3 is 9.47 Å². The lowest BCUT2D eigenvalue weighted by atomic mass is 9.43. The molecule has 0 unspecified atom stereocenters. The Labute approximate surface area is 190 Å². The van der Waals surface area contributed by atoms with Crippen LogP contribution in [0.25, 0.3) is 0 Å². The summed E-state index contributed by atoms with van der Waals surface area (Å²) in [5.74, 6) is 0.623. The van der Waals surface area contributed by atoms with Crippen LogP contribution in [0.15, 0.2) is 35.6 Å². The Bertz CT molecular complexity index is 984. The molecule has 0 spiro atoms. The van der Waals surface area contributed by atoms with Crippen molar-refractivity contribution in [2.75, 3.05) is 6.61 Å². The molecule has 0 N–H and O–H groups in total. The normalized spacial score (nSPS) is 44.1. The van der Waals surface area contributed by atoms with E-state index in [1.54, 1.807) is 12.3 Å². The highest BCUT2D eigenvalue weighted by Gasteiger charge is 2.64. The summed E-state index contributed by atoms with van der Waals surface area (Å²) in [5.41, 5.74) is 1.39. The van der Waals surface area contributed by atoms with Gasteiger partial charge in [-0.25, -0.2) is 0 Å². The second kappa shape index (κ2) is 6.91. The van der Waals surface area contributed by atoms with E-state index in [9.17, 15) is 14.4 Å². The Kier molecular flexibility index (Phi) is 4.68. The van der Waals surface area contributed by atoms with E-state index in [1.165, 1.54) is 12.5 Å². The van der Waals surface area contributed by atoms with Gasteiger partial charge in [0.05, 0.1) is 6.26 Å². The smallest absolute Gasteiger partial charge is 0.302 e. The first kappa shape index (κ1) is 21.7. The molecule has 1 aliphatic heterocycles. The predicted molar refractivity (Wildman–Crippen MR) is 119 cm³/mol. The zero-order chi connectivity index (χ0) is 23.1. The number of carbonyl (C=O) groups excluding carboxylic acids is 3. The lowest BCUT2D eigenvalue weighted by Gasteiger charge is -2.62. The fourth-order valence-electron chi connectivity index (χ4n) is 8.07. The Balaban J connectivity index is 1.57. The van der Waals surface area contributed by atoms with Gasteiger partial charge in [0.2, 0.25) is 0 Å². The molecule has 0 amide bonds. The standard InChI is InChI=1S/C27H34O5/c1-15(28)32-21-12-22-25(2,3)23(30)9-11-27(22,5)19-8-10-26(4)17(6-7-18(26)24(19)21)16-13-31-14-20(16)29/h7,9,11,13,17,19,21-22,24H,6,8,10,12,14H2,1-5H3/t17-,19-,21+,22-,24-,26-,27+/m0/s1. The van der Waals surface area contributed by atoms with E-state index >= 15 is 0 Å². The van der Waals surface area contributed by atoms with E-state index in [-0.39, 0.29) is 64.7 Å². The number of carbonyl (C=O) groups is 3. The summed E-state index contributed by atoms with van der Waals surface area (Å²) in [4.78, 5) is 37.4. The molecular formula is C27H34O5. The highest BCUT2D eigenvalue weighted by molar-refractivity contribution is 5.98. The summed E-state index contributed by atoms with van der Waals surface area (Å²) in [7, 11) is 0. The number of rotatable bonds is 2. The minimum atomic E-state index is -0.487. The molecule has 2 fully saturated rings. The average molecular weight is 439 g/mol. The Morgan fingerprint density at radius 2 is 1.94 bits per heavy atom. The third-order valence-electron chi connectivity index (χ3n) is 9.73. The van der Waals surface area contributed by atoms with Crippen LogP contribution in [-0.4, -0.2) is 30.2 Å². The van der Waals surface area contributed by atoms with Crippen molar-refractivity contribution in [3.8, 4) is 0 Å². The Hall–Kier alpha value is -2.17. The Morgan fingerprint density at radius 3 is 2.59 bits per heavy atom. The Morgan fingerprint density at radius 1 is 1.19 bits per heavy atom. The van der Waals surface area contributed by atoms with Crippen LogP contribution in [0.4, 0.5) is 0 Å². The molecule has 0 aromatic rings. The quantitative estimate of drug-likeness (QED) is 0.467. The molecule has 172 valence electrons. The fourth-order valence-corrected chi connectivity index (χ4v) is 8.07. The van der Waals surface area contributed by atoms with E-state index in [0.717, 1.165) is 24.8 Å². The van der Waals surface area contributed by atoms with Crippen LogP contribution in [0.2, 0.25) is 0 Å². The number of ether oxygens (including phenoxy) is 2. The molecule has 5 rings (SSSR count).